The highest BCUT2D eigenvalue weighted by molar-refractivity contribution is 8.00. The first-order valence-electron chi connectivity index (χ1n) is 12.5. The average Bonchev–Trinajstić information content (AvgIpc) is 3.55. The fraction of sp³-hybridized carbons (Fsp3) is 0.345. The molecule has 3 aromatic rings. The Hall–Kier alpha value is -3.14. The van der Waals surface area contributed by atoms with Gasteiger partial charge in [-0.25, -0.2) is 0 Å². The van der Waals surface area contributed by atoms with Crippen molar-refractivity contribution < 1.29 is 19.5 Å². The number of amides is 3. The Morgan fingerprint density at radius 3 is 2.45 bits per heavy atom. The lowest BCUT2D eigenvalue weighted by molar-refractivity contribution is -0.147. The molecular weight excluding hydrogens is 518 g/mol. The van der Waals surface area contributed by atoms with Crippen molar-refractivity contribution in [2.45, 2.75) is 56.7 Å². The van der Waals surface area contributed by atoms with Crippen LogP contribution in [0, 0.1) is 6.92 Å². The molecule has 1 aliphatic rings. The molecule has 3 amide bonds. The number of nitrogens with one attached hydrogen (secondary N) is 2. The molecule has 1 saturated heterocycles. The Bertz CT molecular complexity index is 1260. The van der Waals surface area contributed by atoms with E-state index < -0.39 is 28.8 Å². The number of aryl methyl sites for hydroxylation is 1. The normalized spacial score (nSPS) is 18.0. The molecule has 0 radical (unpaired) electrons. The number of aliphatic hydroxyl groups is 1. The third-order valence-corrected chi connectivity index (χ3v) is 9.03. The van der Waals surface area contributed by atoms with Crippen molar-refractivity contribution in [1.29, 1.82) is 0 Å². The van der Waals surface area contributed by atoms with E-state index in [4.69, 9.17) is 0 Å². The lowest BCUT2D eigenvalue weighted by Gasteiger charge is -2.33. The largest absolute Gasteiger partial charge is 0.381 e. The Kier molecular flexibility index (Phi) is 8.91. The minimum absolute atomic E-state index is 0.263. The van der Waals surface area contributed by atoms with Gasteiger partial charge in [0.1, 0.15) is 6.04 Å². The maximum Gasteiger partial charge on any atom is 0.261 e. The van der Waals surface area contributed by atoms with Crippen molar-refractivity contribution in [3.63, 3.8) is 0 Å². The standard InChI is InChI=1S/C29H33N3O4S2/c1-19-10-7-8-13-21(19)17-30-27(35)25-29(2,3)38-18-32(25)28(36)24(33)22(16-20-11-5-4-6-12-20)31-26(34)23-14-9-15-37-23/h4-15,22,24-25,33H,16-18H2,1-3H3,(H,30,35)(H,31,34)/t22?,24-,25?/m0/s1. The highest BCUT2D eigenvalue weighted by Gasteiger charge is 2.49. The molecule has 1 aromatic heterocycles. The summed E-state index contributed by atoms with van der Waals surface area (Å²) in [6.07, 6.45) is -1.26. The van der Waals surface area contributed by atoms with Gasteiger partial charge >= 0.3 is 0 Å². The zero-order valence-electron chi connectivity index (χ0n) is 21.7. The van der Waals surface area contributed by atoms with Crippen LogP contribution in [0.15, 0.2) is 72.1 Å². The first-order chi connectivity index (χ1) is 18.2. The molecule has 0 saturated carbocycles. The van der Waals surface area contributed by atoms with E-state index in [2.05, 4.69) is 10.6 Å². The predicted molar refractivity (Wildman–Crippen MR) is 152 cm³/mol. The summed E-state index contributed by atoms with van der Waals surface area (Å²) in [4.78, 5) is 41.9. The third kappa shape index (κ3) is 6.46. The van der Waals surface area contributed by atoms with Crippen LogP contribution in [-0.2, 0) is 22.6 Å². The van der Waals surface area contributed by atoms with Gasteiger partial charge in [-0.3, -0.25) is 14.4 Å². The molecule has 38 heavy (non-hydrogen) atoms. The molecular formula is C29H33N3O4S2. The number of aliphatic hydroxyl groups excluding tert-OH is 1. The number of nitrogens with zero attached hydrogens (tertiary/aromatic N) is 1. The number of thiophene rings is 1. The summed E-state index contributed by atoms with van der Waals surface area (Å²) in [7, 11) is 0. The molecule has 0 aliphatic carbocycles. The van der Waals surface area contributed by atoms with Gasteiger partial charge in [0.2, 0.25) is 5.91 Å². The highest BCUT2D eigenvalue weighted by Crippen LogP contribution is 2.40. The molecule has 2 unspecified atom stereocenters. The molecule has 200 valence electrons. The van der Waals surface area contributed by atoms with Gasteiger partial charge in [0.25, 0.3) is 11.8 Å². The van der Waals surface area contributed by atoms with Gasteiger partial charge in [-0.15, -0.1) is 23.1 Å². The predicted octanol–water partition coefficient (Wildman–Crippen LogP) is 3.76. The van der Waals surface area contributed by atoms with Crippen molar-refractivity contribution in [3.8, 4) is 0 Å². The van der Waals surface area contributed by atoms with Gasteiger partial charge < -0.3 is 20.6 Å². The van der Waals surface area contributed by atoms with Crippen molar-refractivity contribution in [2.24, 2.45) is 0 Å². The monoisotopic (exact) mass is 551 g/mol. The van der Waals surface area contributed by atoms with E-state index in [1.54, 1.807) is 17.5 Å². The van der Waals surface area contributed by atoms with Crippen LogP contribution in [0.5, 0.6) is 0 Å². The van der Waals surface area contributed by atoms with E-state index in [-0.39, 0.29) is 24.1 Å². The van der Waals surface area contributed by atoms with Gasteiger partial charge in [0.15, 0.2) is 6.10 Å². The van der Waals surface area contributed by atoms with Crippen LogP contribution >= 0.6 is 23.1 Å². The van der Waals surface area contributed by atoms with Gasteiger partial charge in [-0.2, -0.15) is 0 Å². The number of carbonyl (C=O) groups excluding carboxylic acids is 3. The van der Waals surface area contributed by atoms with Crippen LogP contribution < -0.4 is 10.6 Å². The first-order valence-corrected chi connectivity index (χ1v) is 14.4. The minimum Gasteiger partial charge on any atom is -0.381 e. The Morgan fingerprint density at radius 2 is 1.76 bits per heavy atom. The van der Waals surface area contributed by atoms with Crippen molar-refractivity contribution in [3.05, 3.63) is 93.7 Å². The first kappa shape index (κ1) is 27.9. The molecule has 1 aliphatic heterocycles. The summed E-state index contributed by atoms with van der Waals surface area (Å²) in [5, 5.41) is 19.0. The second-order valence-corrected chi connectivity index (χ2v) is 12.5. The average molecular weight is 552 g/mol. The molecule has 2 heterocycles. The summed E-state index contributed by atoms with van der Waals surface area (Å²) >= 11 is 2.78. The molecule has 4 rings (SSSR count). The number of thioether (sulfide) groups is 1. The molecule has 3 atom stereocenters. The summed E-state index contributed by atoms with van der Waals surface area (Å²) in [5.74, 6) is -0.934. The topological polar surface area (TPSA) is 98.7 Å². The van der Waals surface area contributed by atoms with Crippen LogP contribution in [0.25, 0.3) is 0 Å². The summed E-state index contributed by atoms with van der Waals surface area (Å²) in [5.41, 5.74) is 2.95. The molecule has 0 spiro atoms. The van der Waals surface area contributed by atoms with E-state index in [0.29, 0.717) is 11.4 Å². The van der Waals surface area contributed by atoms with Gasteiger partial charge in [0.05, 0.1) is 16.8 Å². The van der Waals surface area contributed by atoms with Gasteiger partial charge in [0, 0.05) is 11.3 Å². The van der Waals surface area contributed by atoms with Crippen LogP contribution in [0.2, 0.25) is 0 Å². The molecule has 3 N–H and O–H groups in total. The van der Waals surface area contributed by atoms with Crippen LogP contribution in [-0.4, -0.2) is 56.5 Å². The van der Waals surface area contributed by atoms with E-state index in [1.807, 2.05) is 75.4 Å². The van der Waals surface area contributed by atoms with E-state index in [9.17, 15) is 19.5 Å². The zero-order chi connectivity index (χ0) is 27.3. The second kappa shape index (κ2) is 12.1. The molecule has 0 bridgehead atoms. The number of hydrogen-bond acceptors (Lipinski definition) is 6. The summed E-state index contributed by atoms with van der Waals surface area (Å²) < 4.78 is -0.555. The van der Waals surface area contributed by atoms with E-state index in [1.165, 1.54) is 28.0 Å². The van der Waals surface area contributed by atoms with Gasteiger partial charge in [-0.05, 0) is 55.3 Å². The maximum atomic E-state index is 13.7. The molecule has 9 heteroatoms. The molecule has 7 nitrogen and oxygen atoms in total. The Morgan fingerprint density at radius 1 is 1.05 bits per heavy atom. The van der Waals surface area contributed by atoms with Crippen LogP contribution in [0.1, 0.15) is 40.2 Å². The maximum absolute atomic E-state index is 13.7. The van der Waals surface area contributed by atoms with Crippen LogP contribution in [0.4, 0.5) is 0 Å². The van der Waals surface area contributed by atoms with Crippen molar-refractivity contribution in [1.82, 2.24) is 15.5 Å². The number of hydrogen-bond donors (Lipinski definition) is 3. The number of carbonyl (C=O) groups is 3. The fourth-order valence-electron chi connectivity index (χ4n) is 4.60. The summed E-state index contributed by atoms with van der Waals surface area (Å²) in [6.45, 7) is 6.19. The third-order valence-electron chi connectivity index (χ3n) is 6.79. The quantitative estimate of drug-likeness (QED) is 0.376. The number of rotatable bonds is 9. The molecule has 2 aromatic carbocycles. The minimum atomic E-state index is -1.53. The fourth-order valence-corrected chi connectivity index (χ4v) is 6.37. The van der Waals surface area contributed by atoms with Crippen LogP contribution in [0.3, 0.4) is 0 Å². The van der Waals surface area contributed by atoms with E-state index in [0.717, 1.165) is 16.7 Å². The lowest BCUT2D eigenvalue weighted by Crippen LogP contribution is -2.58. The van der Waals surface area contributed by atoms with Crippen molar-refractivity contribution >= 4 is 40.8 Å². The second-order valence-electron chi connectivity index (χ2n) is 9.92. The van der Waals surface area contributed by atoms with E-state index >= 15 is 0 Å². The smallest absolute Gasteiger partial charge is 0.261 e. The summed E-state index contributed by atoms with van der Waals surface area (Å²) in [6, 6.07) is 19.0. The SMILES string of the molecule is Cc1ccccc1CNC(=O)C1N(C(=O)[C@@H](O)C(Cc2ccccc2)NC(=O)c2cccs2)CSC1(C)C. The Labute approximate surface area is 231 Å². The molecule has 1 fully saturated rings. The number of benzene rings is 2. The lowest BCUT2D eigenvalue weighted by atomic mass is 9.97. The van der Waals surface area contributed by atoms with Crippen molar-refractivity contribution in [2.75, 3.05) is 5.88 Å². The Balaban J connectivity index is 1.52. The van der Waals surface area contributed by atoms with Gasteiger partial charge in [-0.1, -0.05) is 60.7 Å². The zero-order valence-corrected chi connectivity index (χ0v) is 23.4. The highest BCUT2D eigenvalue weighted by atomic mass is 32.2.